The lowest BCUT2D eigenvalue weighted by atomic mass is 10.0. The Hall–Kier alpha value is -2.15. The highest BCUT2D eigenvalue weighted by Gasteiger charge is 2.39. The van der Waals surface area contributed by atoms with Crippen LogP contribution >= 0.6 is 11.6 Å². The number of hydrogen-bond donors (Lipinski definition) is 1. The molecule has 1 amide bonds. The topological polar surface area (TPSA) is 63.7 Å². The van der Waals surface area contributed by atoms with Crippen molar-refractivity contribution in [1.82, 2.24) is 4.98 Å². The Morgan fingerprint density at radius 1 is 1.19 bits per heavy atom. The molecular weight excluding hydrogens is 366 g/mol. The number of benzene rings is 1. The highest BCUT2D eigenvalue weighted by Crippen LogP contribution is 2.33. The number of piperidine rings is 1. The van der Waals surface area contributed by atoms with E-state index in [2.05, 4.69) is 15.2 Å². The van der Waals surface area contributed by atoms with E-state index in [-0.39, 0.29) is 5.91 Å². The second-order valence-corrected chi connectivity index (χ2v) is 7.35. The predicted molar refractivity (Wildman–Crippen MR) is 104 cm³/mol. The summed E-state index contributed by atoms with van der Waals surface area (Å²) < 4.78 is 11.5. The molecule has 7 heteroatoms. The van der Waals surface area contributed by atoms with E-state index in [0.717, 1.165) is 37.2 Å². The van der Waals surface area contributed by atoms with Gasteiger partial charge in [-0.15, -0.1) is 0 Å². The zero-order valence-electron chi connectivity index (χ0n) is 15.2. The molecule has 0 radical (unpaired) electrons. The first-order valence-electron chi connectivity index (χ1n) is 9.11. The van der Waals surface area contributed by atoms with Gasteiger partial charge in [0.15, 0.2) is 5.79 Å². The lowest BCUT2D eigenvalue weighted by Crippen LogP contribution is -2.45. The summed E-state index contributed by atoms with van der Waals surface area (Å²) in [6.07, 6.45) is 3.42. The Kier molecular flexibility index (Phi) is 5.04. The Labute approximate surface area is 163 Å². The molecule has 2 saturated heterocycles. The van der Waals surface area contributed by atoms with Crippen molar-refractivity contribution in [1.29, 1.82) is 0 Å². The van der Waals surface area contributed by atoms with Crippen molar-refractivity contribution >= 4 is 28.9 Å². The van der Waals surface area contributed by atoms with E-state index in [1.54, 1.807) is 24.4 Å². The third-order valence-electron chi connectivity index (χ3n) is 5.13. The van der Waals surface area contributed by atoms with E-state index < -0.39 is 5.79 Å². The fraction of sp³-hybridized carbons (Fsp3) is 0.400. The standard InChI is InChI=1S/C20H22ClN3O3/c1-14-2-3-15(21)12-18(14)23-19(25)17-5-4-16(13-22-17)24-8-6-20(7-9-24)26-10-11-27-20/h2-5,12-13H,6-11H2,1H3,(H,23,25). The van der Waals surface area contributed by atoms with Gasteiger partial charge in [-0.2, -0.15) is 0 Å². The number of aromatic nitrogens is 1. The van der Waals surface area contributed by atoms with E-state index in [1.807, 2.05) is 19.1 Å². The molecule has 1 N–H and O–H groups in total. The largest absolute Gasteiger partial charge is 0.370 e. The summed E-state index contributed by atoms with van der Waals surface area (Å²) in [5.41, 5.74) is 3.01. The minimum Gasteiger partial charge on any atom is -0.370 e. The van der Waals surface area contributed by atoms with Gasteiger partial charge in [-0.1, -0.05) is 17.7 Å². The quantitative estimate of drug-likeness (QED) is 0.871. The van der Waals surface area contributed by atoms with E-state index in [0.29, 0.717) is 29.6 Å². The maximum Gasteiger partial charge on any atom is 0.274 e. The first-order chi connectivity index (χ1) is 13.0. The number of carbonyl (C=O) groups is 1. The van der Waals surface area contributed by atoms with Crippen LogP contribution in [-0.2, 0) is 9.47 Å². The van der Waals surface area contributed by atoms with Crippen molar-refractivity contribution in [2.45, 2.75) is 25.6 Å². The van der Waals surface area contributed by atoms with Crippen LogP contribution in [-0.4, -0.2) is 43.0 Å². The summed E-state index contributed by atoms with van der Waals surface area (Å²) in [7, 11) is 0. The number of ether oxygens (including phenoxy) is 2. The first-order valence-corrected chi connectivity index (χ1v) is 9.49. The van der Waals surface area contributed by atoms with Crippen LogP contribution in [0, 0.1) is 6.92 Å². The average Bonchev–Trinajstić information content (AvgIpc) is 3.13. The van der Waals surface area contributed by atoms with Gasteiger partial charge in [0.2, 0.25) is 0 Å². The molecule has 3 heterocycles. The van der Waals surface area contributed by atoms with Crippen LogP contribution in [0.15, 0.2) is 36.5 Å². The Bertz CT molecular complexity index is 825. The van der Waals surface area contributed by atoms with Crippen LogP contribution in [0.2, 0.25) is 5.02 Å². The third kappa shape index (κ3) is 3.93. The minimum atomic E-state index is -0.390. The lowest BCUT2D eigenvalue weighted by molar-refractivity contribution is -0.169. The van der Waals surface area contributed by atoms with Crippen LogP contribution in [0.1, 0.15) is 28.9 Å². The SMILES string of the molecule is Cc1ccc(Cl)cc1NC(=O)c1ccc(N2CCC3(CC2)OCCO3)cn1. The van der Waals surface area contributed by atoms with Gasteiger partial charge in [0.05, 0.1) is 25.1 Å². The number of nitrogens with zero attached hydrogens (tertiary/aromatic N) is 2. The smallest absolute Gasteiger partial charge is 0.274 e. The van der Waals surface area contributed by atoms with Crippen molar-refractivity contribution in [3.63, 3.8) is 0 Å². The number of hydrogen-bond acceptors (Lipinski definition) is 5. The predicted octanol–water partition coefficient (Wildman–Crippen LogP) is 3.64. The second-order valence-electron chi connectivity index (χ2n) is 6.91. The Balaban J connectivity index is 1.40. The summed E-state index contributed by atoms with van der Waals surface area (Å²) in [6.45, 7) is 4.96. The highest BCUT2D eigenvalue weighted by atomic mass is 35.5. The molecule has 2 aliphatic heterocycles. The maximum atomic E-state index is 12.5. The number of halogens is 1. The molecule has 0 aliphatic carbocycles. The van der Waals surface area contributed by atoms with E-state index in [1.165, 1.54) is 0 Å². The molecule has 1 spiro atoms. The molecule has 2 aromatic rings. The van der Waals surface area contributed by atoms with Crippen LogP contribution in [0.4, 0.5) is 11.4 Å². The molecule has 2 aliphatic rings. The minimum absolute atomic E-state index is 0.253. The summed E-state index contributed by atoms with van der Waals surface area (Å²) in [6, 6.07) is 9.08. The van der Waals surface area contributed by atoms with Crippen LogP contribution < -0.4 is 10.2 Å². The van der Waals surface area contributed by atoms with Gasteiger partial charge in [0, 0.05) is 36.6 Å². The number of carbonyl (C=O) groups excluding carboxylic acids is 1. The van der Waals surface area contributed by atoms with E-state index in [4.69, 9.17) is 21.1 Å². The van der Waals surface area contributed by atoms with Gasteiger partial charge in [0.25, 0.3) is 5.91 Å². The van der Waals surface area contributed by atoms with Gasteiger partial charge >= 0.3 is 0 Å². The summed E-state index contributed by atoms with van der Waals surface area (Å²) >= 11 is 6.01. The van der Waals surface area contributed by atoms with Gasteiger partial charge in [0.1, 0.15) is 5.69 Å². The molecule has 0 unspecified atom stereocenters. The third-order valence-corrected chi connectivity index (χ3v) is 5.37. The fourth-order valence-corrected chi connectivity index (χ4v) is 3.69. The first kappa shape index (κ1) is 18.2. The van der Waals surface area contributed by atoms with E-state index in [9.17, 15) is 4.79 Å². The lowest BCUT2D eigenvalue weighted by Gasteiger charge is -2.38. The van der Waals surface area contributed by atoms with Crippen molar-refractivity contribution in [2.24, 2.45) is 0 Å². The molecule has 6 nitrogen and oxygen atoms in total. The normalized spacial score (nSPS) is 18.7. The monoisotopic (exact) mass is 387 g/mol. The Morgan fingerprint density at radius 3 is 2.59 bits per heavy atom. The van der Waals surface area contributed by atoms with Crippen molar-refractivity contribution in [2.75, 3.05) is 36.5 Å². The number of nitrogens with one attached hydrogen (secondary N) is 1. The van der Waals surface area contributed by atoms with E-state index >= 15 is 0 Å². The fourth-order valence-electron chi connectivity index (χ4n) is 3.51. The van der Waals surface area contributed by atoms with Crippen LogP contribution in [0.5, 0.6) is 0 Å². The zero-order valence-corrected chi connectivity index (χ0v) is 16.0. The molecule has 142 valence electrons. The molecule has 1 aromatic heterocycles. The number of rotatable bonds is 3. The number of anilines is 2. The molecule has 27 heavy (non-hydrogen) atoms. The zero-order chi connectivity index (χ0) is 18.9. The molecule has 0 saturated carbocycles. The van der Waals surface area contributed by atoms with Gasteiger partial charge < -0.3 is 19.7 Å². The molecule has 2 fully saturated rings. The van der Waals surface area contributed by atoms with Gasteiger partial charge in [-0.05, 0) is 36.8 Å². The number of amides is 1. The summed E-state index contributed by atoms with van der Waals surface area (Å²) in [5.74, 6) is -0.643. The van der Waals surface area contributed by atoms with Crippen molar-refractivity contribution < 1.29 is 14.3 Å². The van der Waals surface area contributed by atoms with Crippen molar-refractivity contribution in [3.05, 3.63) is 52.8 Å². The maximum absolute atomic E-state index is 12.5. The molecule has 0 bridgehead atoms. The number of aryl methyl sites for hydroxylation is 1. The summed E-state index contributed by atoms with van der Waals surface area (Å²) in [5, 5.41) is 3.45. The van der Waals surface area contributed by atoms with Crippen molar-refractivity contribution in [3.8, 4) is 0 Å². The van der Waals surface area contributed by atoms with Gasteiger partial charge in [-0.25, -0.2) is 4.98 Å². The van der Waals surface area contributed by atoms with Gasteiger partial charge in [-0.3, -0.25) is 4.79 Å². The molecular formula is C20H22ClN3O3. The van der Waals surface area contributed by atoms with Crippen LogP contribution in [0.25, 0.3) is 0 Å². The Morgan fingerprint density at radius 2 is 1.93 bits per heavy atom. The van der Waals surface area contributed by atoms with Crippen LogP contribution in [0.3, 0.4) is 0 Å². The highest BCUT2D eigenvalue weighted by molar-refractivity contribution is 6.31. The molecule has 4 rings (SSSR count). The molecule has 1 aromatic carbocycles. The molecule has 0 atom stereocenters. The number of pyridine rings is 1. The average molecular weight is 388 g/mol. The summed E-state index contributed by atoms with van der Waals surface area (Å²) in [4.78, 5) is 19.1. The second kappa shape index (κ2) is 7.46.